The van der Waals surface area contributed by atoms with E-state index < -0.39 is 0 Å². The Bertz CT molecular complexity index is 3630. The van der Waals surface area contributed by atoms with E-state index >= 15 is 0 Å². The summed E-state index contributed by atoms with van der Waals surface area (Å²) in [5.74, 6) is 0. The molecule has 0 N–H and O–H groups in total. The van der Waals surface area contributed by atoms with Crippen LogP contribution < -0.4 is 0 Å². The van der Waals surface area contributed by atoms with Gasteiger partial charge in [-0.2, -0.15) is 0 Å². The van der Waals surface area contributed by atoms with E-state index in [2.05, 4.69) is 305 Å². The zero-order chi connectivity index (χ0) is 55.0. The molecule has 0 heteroatoms. The van der Waals surface area contributed by atoms with Crippen molar-refractivity contribution in [1.29, 1.82) is 0 Å². The lowest BCUT2D eigenvalue weighted by Crippen LogP contribution is -2.28. The van der Waals surface area contributed by atoms with Crippen molar-refractivity contribution in [1.82, 2.24) is 0 Å². The second kappa shape index (κ2) is 23.4. The summed E-state index contributed by atoms with van der Waals surface area (Å²) in [7, 11) is 0. The molecular formula is C79H72. The lowest BCUT2D eigenvalue weighted by molar-refractivity contribution is 0.666. The molecule has 15 rings (SSSR count). The fraction of sp³-hybridized carbons (Fsp3) is 0.139. The third-order valence-corrected chi connectivity index (χ3v) is 16.2. The van der Waals surface area contributed by atoms with Gasteiger partial charge in [-0.3, -0.25) is 0 Å². The lowest BCUT2D eigenvalue weighted by Gasteiger charge is -2.33. The van der Waals surface area contributed by atoms with Crippen molar-refractivity contribution in [2.45, 2.75) is 71.6 Å². The third-order valence-electron chi connectivity index (χ3n) is 16.2. The quantitative estimate of drug-likeness (QED) is 0.154. The molecule has 388 valence electrons. The van der Waals surface area contributed by atoms with Gasteiger partial charge in [0, 0.05) is 5.41 Å². The summed E-state index contributed by atoms with van der Waals surface area (Å²) in [5, 5.41) is 5.48. The largest absolute Gasteiger partial charge is 0.0713 e. The van der Waals surface area contributed by atoms with Crippen molar-refractivity contribution in [2.75, 3.05) is 0 Å². The van der Waals surface area contributed by atoms with Crippen molar-refractivity contribution in [3.05, 3.63) is 347 Å². The molecule has 3 aliphatic carbocycles. The molecule has 0 aliphatic heterocycles. The normalized spacial score (nSPS) is 13.4. The SMILES string of the molecule is CC.CC.CC.CC1(C)c2ccccc2-c2c1c1ccccc1c1ccccc21.c1ccc(C2(c3ccccc3)c3ccccc3-c3ccccc32)cc1.c1ccc(C2(c3ccccc3)c3ccccc3-c3ccccc32)cc1. The predicted molar refractivity (Wildman–Crippen MR) is 341 cm³/mol. The Balaban J connectivity index is 0.000000128. The molecule has 0 heterocycles. The fourth-order valence-electron chi connectivity index (χ4n) is 13.3. The maximum atomic E-state index is 2.36. The van der Waals surface area contributed by atoms with Crippen LogP contribution in [0.3, 0.4) is 0 Å². The van der Waals surface area contributed by atoms with Gasteiger partial charge in [-0.1, -0.05) is 347 Å². The van der Waals surface area contributed by atoms with E-state index in [0.717, 1.165) is 0 Å². The third kappa shape index (κ3) is 8.81. The molecule has 79 heavy (non-hydrogen) atoms. The minimum Gasteiger partial charge on any atom is -0.0683 e. The maximum Gasteiger partial charge on any atom is 0.0713 e. The van der Waals surface area contributed by atoms with Crippen LogP contribution in [0.4, 0.5) is 0 Å². The fourth-order valence-corrected chi connectivity index (χ4v) is 13.3. The van der Waals surface area contributed by atoms with E-state index in [1.54, 1.807) is 0 Å². The van der Waals surface area contributed by atoms with Gasteiger partial charge in [0.15, 0.2) is 0 Å². The molecule has 0 saturated carbocycles. The molecule has 0 aromatic heterocycles. The minimum atomic E-state index is -0.254. The number of hydrogen-bond donors (Lipinski definition) is 0. The van der Waals surface area contributed by atoms with Crippen LogP contribution in [-0.4, -0.2) is 0 Å². The van der Waals surface area contributed by atoms with Gasteiger partial charge in [0.2, 0.25) is 0 Å². The summed E-state index contributed by atoms with van der Waals surface area (Å²) < 4.78 is 0. The van der Waals surface area contributed by atoms with Gasteiger partial charge in [0.25, 0.3) is 0 Å². The first kappa shape index (κ1) is 53.6. The van der Waals surface area contributed by atoms with Crippen LogP contribution in [0.15, 0.2) is 291 Å². The van der Waals surface area contributed by atoms with Crippen LogP contribution in [0.25, 0.3) is 54.9 Å². The van der Waals surface area contributed by atoms with Crippen molar-refractivity contribution in [2.24, 2.45) is 0 Å². The van der Waals surface area contributed by atoms with Crippen molar-refractivity contribution < 1.29 is 0 Å². The Labute approximate surface area is 470 Å². The predicted octanol–water partition coefficient (Wildman–Crippen LogP) is 21.5. The average Bonchev–Trinajstić information content (AvgIpc) is 4.29. The van der Waals surface area contributed by atoms with Crippen LogP contribution in [0.2, 0.25) is 0 Å². The second-order valence-corrected chi connectivity index (χ2v) is 20.2. The molecule has 0 fully saturated rings. The number of fused-ring (bicyclic) bond motifs is 14. The molecule has 0 nitrogen and oxygen atoms in total. The van der Waals surface area contributed by atoms with Crippen molar-refractivity contribution in [3.63, 3.8) is 0 Å². The van der Waals surface area contributed by atoms with Crippen molar-refractivity contribution in [3.8, 4) is 33.4 Å². The number of rotatable bonds is 4. The molecule has 3 aliphatic rings. The molecule has 0 bridgehead atoms. The highest BCUT2D eigenvalue weighted by atomic mass is 14.5. The highest BCUT2D eigenvalue weighted by Gasteiger charge is 2.47. The van der Waals surface area contributed by atoms with E-state index in [-0.39, 0.29) is 16.2 Å². The molecule has 0 radical (unpaired) electrons. The van der Waals surface area contributed by atoms with Gasteiger partial charge in [-0.05, 0) is 111 Å². The van der Waals surface area contributed by atoms with E-state index in [0.29, 0.717) is 0 Å². The summed E-state index contributed by atoms with van der Waals surface area (Å²) >= 11 is 0. The first-order chi connectivity index (χ1) is 39.0. The maximum absolute atomic E-state index is 2.36. The zero-order valence-electron chi connectivity index (χ0n) is 47.2. The molecule has 0 spiro atoms. The topological polar surface area (TPSA) is 0 Å². The Hall–Kier alpha value is -8.84. The van der Waals surface area contributed by atoms with E-state index in [1.165, 1.54) is 111 Å². The Morgan fingerprint density at radius 2 is 0.430 bits per heavy atom. The summed E-state index contributed by atoms with van der Waals surface area (Å²) in [4.78, 5) is 0. The average molecular weight is 1020 g/mol. The molecule has 0 unspecified atom stereocenters. The monoisotopic (exact) mass is 1020 g/mol. The first-order valence-electron chi connectivity index (χ1n) is 28.7. The van der Waals surface area contributed by atoms with Crippen LogP contribution in [0.5, 0.6) is 0 Å². The highest BCUT2D eigenvalue weighted by Crippen LogP contribution is 2.58. The van der Waals surface area contributed by atoms with E-state index in [4.69, 9.17) is 0 Å². The Morgan fingerprint density at radius 3 is 0.759 bits per heavy atom. The van der Waals surface area contributed by atoms with Crippen LogP contribution in [0, 0.1) is 0 Å². The van der Waals surface area contributed by atoms with Crippen LogP contribution in [0.1, 0.15) is 111 Å². The summed E-state index contributed by atoms with van der Waals surface area (Å²) in [6.07, 6.45) is 0. The minimum absolute atomic E-state index is 0.0373. The van der Waals surface area contributed by atoms with Gasteiger partial charge in [-0.25, -0.2) is 0 Å². The molecule has 0 saturated heterocycles. The van der Waals surface area contributed by atoms with Crippen LogP contribution in [-0.2, 0) is 16.2 Å². The summed E-state index contributed by atoms with van der Waals surface area (Å²) in [5.41, 5.74) is 21.4. The van der Waals surface area contributed by atoms with Gasteiger partial charge in [0.05, 0.1) is 10.8 Å². The standard InChI is InChI=1S/2C25H18.C23H18.3C2H6/c2*1-3-11-19(12-4-1)25(20-13-5-2-6-14-20)23-17-9-7-15-21(23)22-16-8-10-18-24(22)25;1-23(2)20-14-8-7-13-19(20)21-17-11-5-3-9-15(17)16-10-4-6-12-18(16)22(21)23;3*1-2/h2*1-18H;3-14H,1-2H3;3*1-2H3. The number of benzene rings is 12. The Morgan fingerprint density at radius 1 is 0.203 bits per heavy atom. The zero-order valence-corrected chi connectivity index (χ0v) is 47.2. The van der Waals surface area contributed by atoms with Crippen molar-refractivity contribution >= 4 is 21.5 Å². The molecule has 12 aromatic carbocycles. The van der Waals surface area contributed by atoms with Gasteiger partial charge < -0.3 is 0 Å². The van der Waals surface area contributed by atoms with E-state index in [1.807, 2.05) is 41.5 Å². The Kier molecular flexibility index (Phi) is 15.9. The molecule has 0 atom stereocenters. The van der Waals surface area contributed by atoms with Gasteiger partial charge in [0.1, 0.15) is 0 Å². The molecular weight excluding hydrogens is 949 g/mol. The smallest absolute Gasteiger partial charge is 0.0683 e. The highest BCUT2D eigenvalue weighted by molar-refractivity contribution is 6.18. The van der Waals surface area contributed by atoms with E-state index in [9.17, 15) is 0 Å². The van der Waals surface area contributed by atoms with Gasteiger partial charge >= 0.3 is 0 Å². The molecule has 12 aromatic rings. The summed E-state index contributed by atoms with van der Waals surface area (Å²) in [6, 6.07) is 105. The lowest BCUT2D eigenvalue weighted by atomic mass is 9.68. The number of hydrogen-bond acceptors (Lipinski definition) is 0. The van der Waals surface area contributed by atoms with Crippen LogP contribution >= 0.6 is 0 Å². The molecule has 0 amide bonds. The van der Waals surface area contributed by atoms with Gasteiger partial charge in [-0.15, -0.1) is 0 Å². The first-order valence-corrected chi connectivity index (χ1v) is 28.7. The second-order valence-electron chi connectivity index (χ2n) is 20.2. The summed E-state index contributed by atoms with van der Waals surface area (Å²) in [6.45, 7) is 16.7.